The second kappa shape index (κ2) is 7.08. The van der Waals surface area contributed by atoms with Crippen molar-refractivity contribution < 1.29 is 0 Å². The van der Waals surface area contributed by atoms with Crippen LogP contribution in [0.3, 0.4) is 0 Å². The van der Waals surface area contributed by atoms with Crippen LogP contribution in [0.25, 0.3) is 0 Å². The van der Waals surface area contributed by atoms with Crippen molar-refractivity contribution in [2.24, 2.45) is 0 Å². The molecule has 0 saturated heterocycles. The molecule has 0 saturated carbocycles. The minimum Gasteiger partial charge on any atom is -0.296 e. The lowest BCUT2D eigenvalue weighted by Gasteiger charge is -2.13. The molecule has 0 aliphatic heterocycles. The van der Waals surface area contributed by atoms with Crippen LogP contribution in [0.4, 0.5) is 0 Å². The van der Waals surface area contributed by atoms with E-state index in [2.05, 4.69) is 42.4 Å². The molecule has 1 heterocycles. The van der Waals surface area contributed by atoms with Crippen LogP contribution in [0.5, 0.6) is 0 Å². The third kappa shape index (κ3) is 5.50. The van der Waals surface area contributed by atoms with Crippen molar-refractivity contribution in [2.45, 2.75) is 59.5 Å². The van der Waals surface area contributed by atoms with Crippen LogP contribution in [0.15, 0.2) is 6.07 Å². The van der Waals surface area contributed by atoms with Gasteiger partial charge in [-0.05, 0) is 13.0 Å². The molecule has 1 aromatic rings. The summed E-state index contributed by atoms with van der Waals surface area (Å²) in [5.74, 6) is 0. The number of nitriles is 1. The summed E-state index contributed by atoms with van der Waals surface area (Å²) in [5.41, 5.74) is 2.13. The molecule has 0 radical (unpaired) electrons. The number of aromatic amines is 1. The zero-order valence-electron chi connectivity index (χ0n) is 11.8. The molecule has 1 unspecified atom stereocenters. The Hall–Kier alpha value is -1.34. The number of H-pyrrole nitrogens is 1. The van der Waals surface area contributed by atoms with Crippen molar-refractivity contribution in [1.82, 2.24) is 15.5 Å². The minimum atomic E-state index is -0.133. The van der Waals surface area contributed by atoms with Crippen LogP contribution < -0.4 is 5.32 Å². The molecule has 96 valence electrons. The van der Waals surface area contributed by atoms with Gasteiger partial charge in [0.25, 0.3) is 0 Å². The quantitative estimate of drug-likeness (QED) is 0.848. The van der Waals surface area contributed by atoms with Crippen molar-refractivity contribution in [3.63, 3.8) is 0 Å². The molecule has 0 spiro atoms. The fourth-order valence-electron chi connectivity index (χ4n) is 1.15. The SMILES string of the molecule is CC.CC(C#N)NCc1cc(C(C)(C)C)n[nH]1. The van der Waals surface area contributed by atoms with Crippen molar-refractivity contribution in [2.75, 3.05) is 0 Å². The molecule has 4 heteroatoms. The highest BCUT2D eigenvalue weighted by atomic mass is 15.1. The van der Waals surface area contributed by atoms with Gasteiger partial charge in [0, 0.05) is 17.7 Å². The molecule has 0 aliphatic rings. The van der Waals surface area contributed by atoms with Crippen LogP contribution in [0.1, 0.15) is 52.9 Å². The maximum Gasteiger partial charge on any atom is 0.0927 e. The highest BCUT2D eigenvalue weighted by molar-refractivity contribution is 5.16. The lowest BCUT2D eigenvalue weighted by atomic mass is 9.92. The van der Waals surface area contributed by atoms with Gasteiger partial charge in [0.2, 0.25) is 0 Å². The van der Waals surface area contributed by atoms with E-state index in [4.69, 9.17) is 5.26 Å². The van der Waals surface area contributed by atoms with E-state index in [-0.39, 0.29) is 11.5 Å². The average Bonchev–Trinajstić information content (AvgIpc) is 2.77. The van der Waals surface area contributed by atoms with E-state index >= 15 is 0 Å². The van der Waals surface area contributed by atoms with Crippen LogP contribution in [0.2, 0.25) is 0 Å². The second-order valence-corrected chi connectivity index (χ2v) is 4.76. The van der Waals surface area contributed by atoms with E-state index in [1.54, 1.807) is 0 Å². The number of nitrogens with zero attached hydrogens (tertiary/aromatic N) is 2. The predicted molar refractivity (Wildman–Crippen MR) is 70.6 cm³/mol. The summed E-state index contributed by atoms with van der Waals surface area (Å²) in [5, 5.41) is 18.9. The number of aromatic nitrogens is 2. The molecular weight excluding hydrogens is 212 g/mol. The molecule has 0 aliphatic carbocycles. The fourth-order valence-corrected chi connectivity index (χ4v) is 1.15. The number of rotatable bonds is 3. The first-order valence-electron chi connectivity index (χ1n) is 6.11. The molecule has 0 bridgehead atoms. The van der Waals surface area contributed by atoms with E-state index in [0.717, 1.165) is 11.4 Å². The Morgan fingerprint density at radius 2 is 2.06 bits per heavy atom. The van der Waals surface area contributed by atoms with Gasteiger partial charge >= 0.3 is 0 Å². The Balaban J connectivity index is 0.00000121. The number of hydrogen-bond donors (Lipinski definition) is 2. The molecule has 17 heavy (non-hydrogen) atoms. The molecule has 1 aromatic heterocycles. The van der Waals surface area contributed by atoms with Crippen molar-refractivity contribution in [3.05, 3.63) is 17.5 Å². The first kappa shape index (κ1) is 15.7. The molecule has 0 amide bonds. The molecule has 0 fully saturated rings. The fraction of sp³-hybridized carbons (Fsp3) is 0.692. The smallest absolute Gasteiger partial charge is 0.0927 e. The van der Waals surface area contributed by atoms with E-state index in [1.807, 2.05) is 26.8 Å². The molecular formula is C13H24N4. The maximum atomic E-state index is 8.61. The van der Waals surface area contributed by atoms with E-state index in [9.17, 15) is 0 Å². The van der Waals surface area contributed by atoms with Gasteiger partial charge < -0.3 is 0 Å². The Labute approximate surface area is 104 Å². The van der Waals surface area contributed by atoms with Crippen molar-refractivity contribution in [1.29, 1.82) is 5.26 Å². The Morgan fingerprint density at radius 1 is 1.47 bits per heavy atom. The van der Waals surface area contributed by atoms with Gasteiger partial charge in [0.05, 0.1) is 17.8 Å². The third-order valence-corrected chi connectivity index (χ3v) is 2.19. The zero-order valence-corrected chi connectivity index (χ0v) is 11.8. The normalized spacial score (nSPS) is 12.3. The Morgan fingerprint density at radius 3 is 2.47 bits per heavy atom. The van der Waals surface area contributed by atoms with Gasteiger partial charge in [-0.2, -0.15) is 10.4 Å². The van der Waals surface area contributed by atoms with Gasteiger partial charge in [-0.1, -0.05) is 34.6 Å². The average molecular weight is 236 g/mol. The van der Waals surface area contributed by atoms with Crippen LogP contribution in [0, 0.1) is 11.3 Å². The zero-order chi connectivity index (χ0) is 13.5. The summed E-state index contributed by atoms with van der Waals surface area (Å²) in [6.45, 7) is 12.9. The Kier molecular flexibility index (Phi) is 6.52. The van der Waals surface area contributed by atoms with Gasteiger partial charge in [-0.15, -0.1) is 0 Å². The highest BCUT2D eigenvalue weighted by Crippen LogP contribution is 2.20. The topological polar surface area (TPSA) is 64.5 Å². The van der Waals surface area contributed by atoms with Crippen LogP contribution in [-0.2, 0) is 12.0 Å². The predicted octanol–water partition coefficient (Wildman–Crippen LogP) is 2.74. The van der Waals surface area contributed by atoms with Crippen molar-refractivity contribution >= 4 is 0 Å². The van der Waals surface area contributed by atoms with Crippen molar-refractivity contribution in [3.8, 4) is 6.07 Å². The number of nitrogens with one attached hydrogen (secondary N) is 2. The molecule has 0 aromatic carbocycles. The Bertz CT molecular complexity index is 354. The molecule has 1 rings (SSSR count). The number of hydrogen-bond acceptors (Lipinski definition) is 3. The summed E-state index contributed by atoms with van der Waals surface area (Å²) < 4.78 is 0. The highest BCUT2D eigenvalue weighted by Gasteiger charge is 2.17. The minimum absolute atomic E-state index is 0.0651. The first-order valence-corrected chi connectivity index (χ1v) is 6.11. The summed E-state index contributed by atoms with van der Waals surface area (Å²) >= 11 is 0. The lowest BCUT2D eigenvalue weighted by molar-refractivity contribution is 0.566. The molecule has 4 nitrogen and oxygen atoms in total. The van der Waals surface area contributed by atoms with Gasteiger partial charge in [0.1, 0.15) is 0 Å². The van der Waals surface area contributed by atoms with E-state index in [0.29, 0.717) is 6.54 Å². The monoisotopic (exact) mass is 236 g/mol. The van der Waals surface area contributed by atoms with Crippen LogP contribution in [-0.4, -0.2) is 16.2 Å². The van der Waals surface area contributed by atoms with Gasteiger partial charge in [-0.3, -0.25) is 10.4 Å². The lowest BCUT2D eigenvalue weighted by Crippen LogP contribution is -2.23. The molecule has 1 atom stereocenters. The van der Waals surface area contributed by atoms with Crippen LogP contribution >= 0.6 is 0 Å². The summed E-state index contributed by atoms with van der Waals surface area (Å²) in [6.07, 6.45) is 0. The summed E-state index contributed by atoms with van der Waals surface area (Å²) in [4.78, 5) is 0. The van der Waals surface area contributed by atoms with E-state index < -0.39 is 0 Å². The van der Waals surface area contributed by atoms with Gasteiger partial charge in [-0.25, -0.2) is 0 Å². The summed E-state index contributed by atoms with van der Waals surface area (Å²) in [6, 6.07) is 4.03. The second-order valence-electron chi connectivity index (χ2n) is 4.76. The largest absolute Gasteiger partial charge is 0.296 e. The maximum absolute atomic E-state index is 8.61. The standard InChI is InChI=1S/C11H18N4.C2H6/c1-8(6-12)13-7-9-5-10(15-14-9)11(2,3)4;1-2/h5,8,13H,7H2,1-4H3,(H,14,15);1-2H3. The molecule has 2 N–H and O–H groups in total. The summed E-state index contributed by atoms with van der Waals surface area (Å²) in [7, 11) is 0. The van der Waals surface area contributed by atoms with Gasteiger partial charge in [0.15, 0.2) is 0 Å². The first-order chi connectivity index (χ1) is 7.93. The third-order valence-electron chi connectivity index (χ3n) is 2.19. The van der Waals surface area contributed by atoms with E-state index in [1.165, 1.54) is 0 Å².